The van der Waals surface area contributed by atoms with E-state index in [0.717, 1.165) is 11.1 Å². The van der Waals surface area contributed by atoms with Gasteiger partial charge in [-0.05, 0) is 28.1 Å². The maximum Gasteiger partial charge on any atom is 0.501 e. The van der Waals surface area contributed by atoms with E-state index in [1.165, 1.54) is 6.07 Å². The maximum absolute atomic E-state index is 12.9. The van der Waals surface area contributed by atoms with Crippen LogP contribution in [0.3, 0.4) is 0 Å². The van der Waals surface area contributed by atoms with Crippen molar-refractivity contribution in [3.8, 4) is 6.07 Å². The number of alkyl halides is 7. The third-order valence-corrected chi connectivity index (χ3v) is 6.95. The summed E-state index contributed by atoms with van der Waals surface area (Å²) in [7, 11) is -5.98. The summed E-state index contributed by atoms with van der Waals surface area (Å²) in [6, 6.07) is 2.26. The molecule has 0 amide bonds. The zero-order valence-electron chi connectivity index (χ0n) is 13.2. The first-order valence-corrected chi connectivity index (χ1v) is 10.3. The molecule has 0 aromatic heterocycles. The zero-order chi connectivity index (χ0) is 22.5. The molecule has 1 aromatic rings. The number of nitriles is 1. The van der Waals surface area contributed by atoms with Crippen LogP contribution in [0.25, 0.3) is 0 Å². The third kappa shape index (κ3) is 4.34. The molecule has 1 unspecified atom stereocenters. The largest absolute Gasteiger partial charge is 0.501 e. The van der Waals surface area contributed by atoms with Gasteiger partial charge in [0.15, 0.2) is 0 Å². The van der Waals surface area contributed by atoms with Gasteiger partial charge in [0.05, 0.1) is 37.4 Å². The van der Waals surface area contributed by atoms with E-state index in [0.29, 0.717) is 12.1 Å². The second-order valence-corrected chi connectivity index (χ2v) is 9.27. The number of benzene rings is 1. The van der Waals surface area contributed by atoms with Crippen molar-refractivity contribution in [2.45, 2.75) is 17.2 Å². The lowest BCUT2D eigenvalue weighted by Crippen LogP contribution is -2.36. The molecule has 1 atom stereocenters. The monoisotopic (exact) mass is 562 g/mol. The number of anilines is 1. The minimum atomic E-state index is -5.98. The Labute approximate surface area is 183 Å². The van der Waals surface area contributed by atoms with Crippen LogP contribution in [-0.2, 0) is 16.0 Å². The van der Waals surface area contributed by atoms with Crippen molar-refractivity contribution < 1.29 is 34.8 Å². The molecule has 0 spiro atoms. The first-order valence-electron chi connectivity index (χ1n) is 6.86. The third-order valence-electron chi connectivity index (χ3n) is 3.49. The van der Waals surface area contributed by atoms with Gasteiger partial charge in [0.2, 0.25) is 0 Å². The molecule has 158 valence electrons. The van der Waals surface area contributed by atoms with Crippen molar-refractivity contribution in [2.75, 3.05) is 4.90 Å². The lowest BCUT2D eigenvalue weighted by atomic mass is 10.1. The molecule has 0 saturated carbocycles. The number of hydrogen-bond acceptors (Lipinski definition) is 4. The van der Waals surface area contributed by atoms with Gasteiger partial charge in [0, 0.05) is 6.20 Å². The summed E-state index contributed by atoms with van der Waals surface area (Å²) in [5.41, 5.74) is -10.2. The Hall–Kier alpha value is -1.13. The lowest BCUT2D eigenvalue weighted by molar-refractivity contribution is -0.137. The molecule has 0 radical (unpaired) electrons. The number of hydrogen-bond donors (Lipinski definition) is 0. The Morgan fingerprint density at radius 3 is 1.97 bits per heavy atom. The van der Waals surface area contributed by atoms with Gasteiger partial charge in [-0.2, -0.15) is 31.6 Å². The van der Waals surface area contributed by atoms with Gasteiger partial charge in [-0.1, -0.05) is 34.8 Å². The number of sulfone groups is 1. The van der Waals surface area contributed by atoms with Gasteiger partial charge in [-0.15, -0.1) is 0 Å². The Kier molecular flexibility index (Phi) is 6.53. The van der Waals surface area contributed by atoms with Crippen LogP contribution in [0.4, 0.5) is 32.0 Å². The number of nitrogens with zero attached hydrogens (tertiary/aromatic N) is 2. The normalized spacial score (nSPS) is 18.6. The highest BCUT2D eigenvalue weighted by Crippen LogP contribution is 2.47. The smallest absolute Gasteiger partial charge is 0.323 e. The molecule has 1 aliphatic heterocycles. The van der Waals surface area contributed by atoms with E-state index in [2.05, 4.69) is 15.9 Å². The van der Waals surface area contributed by atoms with Crippen LogP contribution in [0.2, 0.25) is 10.0 Å². The Bertz CT molecular complexity index is 1050. The second-order valence-electron chi connectivity index (χ2n) is 5.31. The van der Waals surface area contributed by atoms with Gasteiger partial charge in [-0.3, -0.25) is 0 Å². The van der Waals surface area contributed by atoms with Crippen molar-refractivity contribution in [1.29, 1.82) is 5.26 Å². The summed E-state index contributed by atoms with van der Waals surface area (Å²) in [5, 5.41) is 8.04. The van der Waals surface area contributed by atoms with Gasteiger partial charge < -0.3 is 4.90 Å². The molecule has 1 heterocycles. The maximum atomic E-state index is 12.9. The minimum Gasteiger partial charge on any atom is -0.323 e. The SMILES string of the molecule is N#CC1=C(S(=O)(=O)C(F)(F)F)C(Br)=CN(c2c(Cl)cc(C(F)(F)F)cc2Cl)C1Cl. The van der Waals surface area contributed by atoms with Crippen molar-refractivity contribution in [1.82, 2.24) is 0 Å². The van der Waals surface area contributed by atoms with E-state index >= 15 is 0 Å². The molecule has 29 heavy (non-hydrogen) atoms. The summed E-state index contributed by atoms with van der Waals surface area (Å²) in [6.45, 7) is 0. The standard InChI is InChI=1S/C14H4BrCl3F6N2O2S/c15-7-4-26(10-8(16)1-5(2-9(10)17)13(19,20)21)12(18)6(3-25)11(7)29(27,28)14(22,23)24/h1-2,4,12H. The number of rotatable bonds is 2. The molecule has 0 saturated heterocycles. The van der Waals surface area contributed by atoms with E-state index < -0.39 is 57.6 Å². The van der Waals surface area contributed by atoms with Crippen LogP contribution in [0.15, 0.2) is 33.3 Å². The average Bonchev–Trinajstić information content (AvgIpc) is 2.54. The number of allylic oxidation sites excluding steroid dienone is 1. The molecule has 4 nitrogen and oxygen atoms in total. The molecule has 0 bridgehead atoms. The summed E-state index contributed by atoms with van der Waals surface area (Å²) in [4.78, 5) is -0.660. The first kappa shape index (κ1) is 24.1. The highest BCUT2D eigenvalue weighted by Gasteiger charge is 2.52. The fourth-order valence-corrected chi connectivity index (χ4v) is 5.39. The fraction of sp³-hybridized carbons (Fsp3) is 0.214. The predicted molar refractivity (Wildman–Crippen MR) is 98.2 cm³/mol. The first-order chi connectivity index (χ1) is 13.0. The second kappa shape index (κ2) is 7.85. The van der Waals surface area contributed by atoms with E-state index in [-0.39, 0.29) is 5.69 Å². The van der Waals surface area contributed by atoms with Crippen LogP contribution in [0.5, 0.6) is 0 Å². The highest BCUT2D eigenvalue weighted by molar-refractivity contribution is 9.12. The van der Waals surface area contributed by atoms with Crippen LogP contribution in [0.1, 0.15) is 5.56 Å². The van der Waals surface area contributed by atoms with E-state index in [4.69, 9.17) is 34.8 Å². The van der Waals surface area contributed by atoms with Gasteiger partial charge in [0.1, 0.15) is 10.4 Å². The van der Waals surface area contributed by atoms with Crippen molar-refractivity contribution in [2.24, 2.45) is 0 Å². The highest BCUT2D eigenvalue weighted by atomic mass is 79.9. The molecular formula is C14H4BrCl3F6N2O2S. The minimum absolute atomic E-state index is 0.380. The molecule has 0 N–H and O–H groups in total. The van der Waals surface area contributed by atoms with E-state index in [1.807, 2.05) is 0 Å². The number of halogens is 10. The fourth-order valence-electron chi connectivity index (χ4n) is 2.27. The molecule has 1 aromatic carbocycles. The molecular weight excluding hydrogens is 560 g/mol. The summed E-state index contributed by atoms with van der Waals surface area (Å²) < 4.78 is 100. The Balaban J connectivity index is 2.70. The van der Waals surface area contributed by atoms with Crippen molar-refractivity contribution >= 4 is 66.3 Å². The summed E-state index contributed by atoms with van der Waals surface area (Å²) >= 11 is 20.3. The van der Waals surface area contributed by atoms with E-state index in [1.54, 1.807) is 0 Å². The molecule has 0 aliphatic carbocycles. The quantitative estimate of drug-likeness (QED) is 0.239. The van der Waals surface area contributed by atoms with Crippen LogP contribution in [-0.4, -0.2) is 19.4 Å². The molecule has 0 fully saturated rings. The van der Waals surface area contributed by atoms with Crippen LogP contribution >= 0.6 is 50.7 Å². The van der Waals surface area contributed by atoms with Crippen molar-refractivity contribution in [3.63, 3.8) is 0 Å². The van der Waals surface area contributed by atoms with Gasteiger partial charge in [0.25, 0.3) is 9.84 Å². The average molecular weight is 565 g/mol. The predicted octanol–water partition coefficient (Wildman–Crippen LogP) is 6.35. The van der Waals surface area contributed by atoms with E-state index in [9.17, 15) is 40.0 Å². The van der Waals surface area contributed by atoms with Gasteiger partial charge in [-0.25, -0.2) is 8.42 Å². The van der Waals surface area contributed by atoms with Crippen LogP contribution in [0, 0.1) is 11.3 Å². The molecule has 1 aliphatic rings. The Morgan fingerprint density at radius 1 is 1.10 bits per heavy atom. The topological polar surface area (TPSA) is 61.2 Å². The van der Waals surface area contributed by atoms with Gasteiger partial charge >= 0.3 is 11.7 Å². The lowest BCUT2D eigenvalue weighted by Gasteiger charge is -2.32. The summed E-state index contributed by atoms with van der Waals surface area (Å²) in [5.74, 6) is 0. The summed E-state index contributed by atoms with van der Waals surface area (Å²) in [6.07, 6.45) is -4.08. The van der Waals surface area contributed by atoms with Crippen molar-refractivity contribution in [3.05, 3.63) is 48.9 Å². The van der Waals surface area contributed by atoms with Crippen LogP contribution < -0.4 is 4.90 Å². The Morgan fingerprint density at radius 2 is 1.59 bits per heavy atom. The zero-order valence-corrected chi connectivity index (χ0v) is 17.9. The molecule has 2 rings (SSSR count). The molecule has 15 heteroatoms.